The number of amides is 1. The minimum atomic E-state index is -0.487. The molecule has 2 aliphatic carbocycles. The van der Waals surface area contributed by atoms with Gasteiger partial charge in [-0.15, -0.1) is 0 Å². The number of fused-ring (bicyclic) bond motifs is 1. The quantitative estimate of drug-likeness (QED) is 0.757. The lowest BCUT2D eigenvalue weighted by Crippen LogP contribution is -2.63. The van der Waals surface area contributed by atoms with E-state index >= 15 is 0 Å². The van der Waals surface area contributed by atoms with Crippen molar-refractivity contribution >= 4 is 5.91 Å². The standard InChI is InChI=1S/C14H24N2O/c15-14(8-4-9-14)13(17)16-10-3-6-11-5-1-2-7-12(11)16/h11-12H,1-10,15H2. The van der Waals surface area contributed by atoms with Crippen molar-refractivity contribution in [3.8, 4) is 0 Å². The number of nitrogens with two attached hydrogens (primary N) is 1. The number of nitrogens with zero attached hydrogens (tertiary/aromatic N) is 1. The van der Waals surface area contributed by atoms with Crippen molar-refractivity contribution in [3.63, 3.8) is 0 Å². The van der Waals surface area contributed by atoms with Crippen molar-refractivity contribution in [2.24, 2.45) is 11.7 Å². The Morgan fingerprint density at radius 3 is 2.47 bits per heavy atom. The summed E-state index contributed by atoms with van der Waals surface area (Å²) in [6, 6.07) is 0.519. The van der Waals surface area contributed by atoms with Crippen LogP contribution in [0.5, 0.6) is 0 Å². The van der Waals surface area contributed by atoms with Gasteiger partial charge in [0.2, 0.25) is 5.91 Å². The molecule has 0 spiro atoms. The first kappa shape index (κ1) is 11.5. The second kappa shape index (κ2) is 4.27. The lowest BCUT2D eigenvalue weighted by molar-refractivity contribution is -0.146. The Morgan fingerprint density at radius 2 is 1.76 bits per heavy atom. The Balaban J connectivity index is 1.74. The molecule has 0 bridgehead atoms. The normalized spacial score (nSPS) is 35.9. The molecule has 0 radical (unpaired) electrons. The number of rotatable bonds is 1. The summed E-state index contributed by atoms with van der Waals surface area (Å²) in [5, 5.41) is 0. The molecule has 2 N–H and O–H groups in total. The summed E-state index contributed by atoms with van der Waals surface area (Å²) in [4.78, 5) is 14.7. The summed E-state index contributed by atoms with van der Waals surface area (Å²) < 4.78 is 0. The molecule has 96 valence electrons. The van der Waals surface area contributed by atoms with E-state index < -0.39 is 5.54 Å². The van der Waals surface area contributed by atoms with Gasteiger partial charge in [0.1, 0.15) is 0 Å². The Hall–Kier alpha value is -0.570. The predicted octanol–water partition coefficient (Wildman–Crippen LogP) is 2.05. The molecule has 1 aliphatic heterocycles. The van der Waals surface area contributed by atoms with E-state index in [9.17, 15) is 4.79 Å². The van der Waals surface area contributed by atoms with Crippen molar-refractivity contribution in [3.05, 3.63) is 0 Å². The molecule has 17 heavy (non-hydrogen) atoms. The van der Waals surface area contributed by atoms with Crippen LogP contribution in [-0.2, 0) is 4.79 Å². The number of hydrogen-bond donors (Lipinski definition) is 1. The number of likely N-dealkylation sites (tertiary alicyclic amines) is 1. The van der Waals surface area contributed by atoms with E-state index in [2.05, 4.69) is 4.90 Å². The van der Waals surface area contributed by atoms with E-state index in [1.54, 1.807) is 0 Å². The monoisotopic (exact) mass is 236 g/mol. The third kappa shape index (κ3) is 1.88. The van der Waals surface area contributed by atoms with Gasteiger partial charge in [-0.3, -0.25) is 4.79 Å². The van der Waals surface area contributed by atoms with Crippen LogP contribution in [0.15, 0.2) is 0 Å². The van der Waals surface area contributed by atoms with Crippen molar-refractivity contribution in [2.45, 2.75) is 69.4 Å². The number of carbonyl (C=O) groups excluding carboxylic acids is 1. The molecule has 1 amide bonds. The van der Waals surface area contributed by atoms with Crippen molar-refractivity contribution in [2.75, 3.05) is 6.54 Å². The number of piperidine rings is 1. The first-order valence-corrected chi connectivity index (χ1v) is 7.31. The summed E-state index contributed by atoms with van der Waals surface area (Å²) in [7, 11) is 0. The summed E-state index contributed by atoms with van der Waals surface area (Å²) in [5.74, 6) is 1.03. The van der Waals surface area contributed by atoms with Gasteiger partial charge >= 0.3 is 0 Å². The Morgan fingerprint density at radius 1 is 1.06 bits per heavy atom. The van der Waals surface area contributed by atoms with Gasteiger partial charge in [-0.25, -0.2) is 0 Å². The molecule has 2 saturated carbocycles. The van der Waals surface area contributed by atoms with Crippen LogP contribution in [0.1, 0.15) is 57.8 Å². The highest BCUT2D eigenvalue weighted by Crippen LogP contribution is 2.38. The molecule has 0 aromatic carbocycles. The van der Waals surface area contributed by atoms with Gasteiger partial charge < -0.3 is 10.6 Å². The summed E-state index contributed by atoms with van der Waals surface area (Å²) in [5.41, 5.74) is 5.72. The molecule has 1 heterocycles. The smallest absolute Gasteiger partial charge is 0.242 e. The average molecular weight is 236 g/mol. The highest BCUT2D eigenvalue weighted by Gasteiger charge is 2.46. The zero-order valence-corrected chi connectivity index (χ0v) is 10.7. The number of hydrogen-bond acceptors (Lipinski definition) is 2. The first-order valence-electron chi connectivity index (χ1n) is 7.31. The molecule has 0 aromatic rings. The van der Waals surface area contributed by atoms with Crippen molar-refractivity contribution in [1.82, 2.24) is 4.90 Å². The maximum Gasteiger partial charge on any atom is 0.242 e. The van der Waals surface area contributed by atoms with Crippen LogP contribution in [0, 0.1) is 5.92 Å². The molecule has 1 saturated heterocycles. The van der Waals surface area contributed by atoms with Crippen LogP contribution < -0.4 is 5.73 Å². The predicted molar refractivity (Wildman–Crippen MR) is 67.5 cm³/mol. The van der Waals surface area contributed by atoms with Crippen LogP contribution in [-0.4, -0.2) is 28.9 Å². The Kier molecular flexibility index (Phi) is 2.89. The van der Waals surface area contributed by atoms with Gasteiger partial charge in [0, 0.05) is 12.6 Å². The second-order valence-electron chi connectivity index (χ2n) is 6.26. The number of carbonyl (C=O) groups is 1. The van der Waals surface area contributed by atoms with Gasteiger partial charge in [0.05, 0.1) is 5.54 Å². The van der Waals surface area contributed by atoms with Crippen LogP contribution in [0.4, 0.5) is 0 Å². The summed E-state index contributed by atoms with van der Waals surface area (Å²) in [6.45, 7) is 0.957. The minimum absolute atomic E-state index is 0.264. The molecule has 2 unspecified atom stereocenters. The average Bonchev–Trinajstić information content (AvgIpc) is 2.34. The Bertz CT molecular complexity index is 309. The molecule has 3 aliphatic rings. The van der Waals surface area contributed by atoms with Gasteiger partial charge in [-0.1, -0.05) is 12.8 Å². The molecule has 2 atom stereocenters. The molecule has 3 rings (SSSR count). The van der Waals surface area contributed by atoms with Gasteiger partial charge in [0.25, 0.3) is 0 Å². The van der Waals surface area contributed by atoms with Gasteiger partial charge in [-0.05, 0) is 50.9 Å². The topological polar surface area (TPSA) is 46.3 Å². The fourth-order valence-electron chi connectivity index (χ4n) is 3.93. The molecule has 0 aromatic heterocycles. The van der Waals surface area contributed by atoms with E-state index in [-0.39, 0.29) is 5.91 Å². The van der Waals surface area contributed by atoms with E-state index in [4.69, 9.17) is 5.73 Å². The molecule has 3 fully saturated rings. The SMILES string of the molecule is NC1(C(=O)N2CCCC3CCCCC32)CCC1. The highest BCUT2D eigenvalue weighted by molar-refractivity contribution is 5.87. The second-order valence-corrected chi connectivity index (χ2v) is 6.26. The van der Waals surface area contributed by atoms with Crippen LogP contribution in [0.25, 0.3) is 0 Å². The lowest BCUT2D eigenvalue weighted by atomic mass is 9.73. The molecule has 3 heteroatoms. The molecular formula is C14H24N2O. The van der Waals surface area contributed by atoms with E-state index in [0.717, 1.165) is 31.7 Å². The third-order valence-electron chi connectivity index (χ3n) is 5.18. The van der Waals surface area contributed by atoms with E-state index in [0.29, 0.717) is 6.04 Å². The van der Waals surface area contributed by atoms with Gasteiger partial charge in [-0.2, -0.15) is 0 Å². The fraction of sp³-hybridized carbons (Fsp3) is 0.929. The van der Waals surface area contributed by atoms with Crippen LogP contribution in [0.2, 0.25) is 0 Å². The van der Waals surface area contributed by atoms with E-state index in [1.165, 1.54) is 38.5 Å². The van der Waals surface area contributed by atoms with Crippen LogP contribution in [0.3, 0.4) is 0 Å². The largest absolute Gasteiger partial charge is 0.338 e. The summed E-state index contributed by atoms with van der Waals surface area (Å²) >= 11 is 0. The van der Waals surface area contributed by atoms with Gasteiger partial charge in [0.15, 0.2) is 0 Å². The van der Waals surface area contributed by atoms with Crippen LogP contribution >= 0.6 is 0 Å². The zero-order chi connectivity index (χ0) is 11.9. The highest BCUT2D eigenvalue weighted by atomic mass is 16.2. The fourth-order valence-corrected chi connectivity index (χ4v) is 3.93. The van der Waals surface area contributed by atoms with E-state index in [1.807, 2.05) is 0 Å². The summed E-state index contributed by atoms with van der Waals surface area (Å²) in [6.07, 6.45) is 10.6. The lowest BCUT2D eigenvalue weighted by Gasteiger charge is -2.49. The molecular weight excluding hydrogens is 212 g/mol. The Labute approximate surface area is 104 Å². The maximum atomic E-state index is 12.6. The minimum Gasteiger partial charge on any atom is -0.338 e. The van der Waals surface area contributed by atoms with Crippen molar-refractivity contribution in [1.29, 1.82) is 0 Å². The maximum absolute atomic E-state index is 12.6. The van der Waals surface area contributed by atoms with Crippen molar-refractivity contribution < 1.29 is 4.79 Å². The molecule has 3 nitrogen and oxygen atoms in total. The third-order valence-corrected chi connectivity index (χ3v) is 5.18. The zero-order valence-electron chi connectivity index (χ0n) is 10.7. The first-order chi connectivity index (χ1) is 8.21.